The molecule has 0 aliphatic heterocycles. The molecule has 4 heteroatoms. The topological polar surface area (TPSA) is 47.3 Å². The first-order chi connectivity index (χ1) is 11.6. The van der Waals surface area contributed by atoms with Gasteiger partial charge < -0.3 is 4.42 Å². The molecule has 1 aromatic heterocycles. The molecule has 0 spiro atoms. The number of furan rings is 1. The third kappa shape index (κ3) is 2.29. The van der Waals surface area contributed by atoms with Crippen LogP contribution in [0.5, 0.6) is 0 Å². The van der Waals surface area contributed by atoms with Gasteiger partial charge in [0, 0.05) is 16.7 Å². The molecule has 0 atom stereocenters. The average Bonchev–Trinajstić information content (AvgIpc) is 3.16. The predicted octanol–water partition coefficient (Wildman–Crippen LogP) is 4.55. The summed E-state index contributed by atoms with van der Waals surface area (Å²) >= 11 is 0. The van der Waals surface area contributed by atoms with Crippen LogP contribution in [0.3, 0.4) is 0 Å². The van der Waals surface area contributed by atoms with Gasteiger partial charge in [0.2, 0.25) is 0 Å². The van der Waals surface area contributed by atoms with E-state index >= 15 is 0 Å². The van der Waals surface area contributed by atoms with Crippen LogP contribution < -0.4 is 0 Å². The van der Waals surface area contributed by atoms with E-state index in [1.54, 1.807) is 48.5 Å². The summed E-state index contributed by atoms with van der Waals surface area (Å²) < 4.78 is 18.6. The van der Waals surface area contributed by atoms with E-state index in [-0.39, 0.29) is 23.0 Å². The van der Waals surface area contributed by atoms with Crippen LogP contribution in [0, 0.1) is 5.82 Å². The van der Waals surface area contributed by atoms with E-state index in [0.29, 0.717) is 28.2 Å². The molecular formula is C20H11FO3. The molecule has 0 radical (unpaired) electrons. The van der Waals surface area contributed by atoms with Crippen molar-refractivity contribution in [1.29, 1.82) is 0 Å². The van der Waals surface area contributed by atoms with Gasteiger partial charge in [0.25, 0.3) is 0 Å². The maximum absolute atomic E-state index is 13.0. The van der Waals surface area contributed by atoms with Gasteiger partial charge >= 0.3 is 0 Å². The van der Waals surface area contributed by atoms with Crippen molar-refractivity contribution >= 4 is 17.6 Å². The summed E-state index contributed by atoms with van der Waals surface area (Å²) in [7, 11) is 0. The number of hydrogen-bond acceptors (Lipinski definition) is 3. The lowest BCUT2D eigenvalue weighted by molar-refractivity contribution is 0.0990. The second kappa shape index (κ2) is 5.42. The fourth-order valence-electron chi connectivity index (χ4n) is 2.75. The molecule has 0 N–H and O–H groups in total. The number of halogens is 1. The minimum atomic E-state index is -0.326. The van der Waals surface area contributed by atoms with E-state index in [4.69, 9.17) is 4.42 Å². The van der Waals surface area contributed by atoms with E-state index in [1.807, 2.05) is 0 Å². The lowest BCUT2D eigenvalue weighted by Gasteiger charge is -1.96. The van der Waals surface area contributed by atoms with Crippen molar-refractivity contribution in [3.05, 3.63) is 88.9 Å². The molecule has 0 bridgehead atoms. The molecular weight excluding hydrogens is 307 g/mol. The number of allylic oxidation sites excluding steroid dienone is 1. The van der Waals surface area contributed by atoms with Gasteiger partial charge in [-0.25, -0.2) is 4.39 Å². The van der Waals surface area contributed by atoms with Gasteiger partial charge in [-0.15, -0.1) is 0 Å². The first-order valence-electron chi connectivity index (χ1n) is 7.39. The van der Waals surface area contributed by atoms with E-state index in [1.165, 1.54) is 18.2 Å². The first kappa shape index (κ1) is 14.3. The van der Waals surface area contributed by atoms with Gasteiger partial charge in [-0.1, -0.05) is 24.3 Å². The van der Waals surface area contributed by atoms with Gasteiger partial charge in [0.05, 0.1) is 5.57 Å². The molecule has 3 nitrogen and oxygen atoms in total. The van der Waals surface area contributed by atoms with E-state index in [2.05, 4.69) is 0 Å². The second-order valence-corrected chi connectivity index (χ2v) is 5.47. The molecule has 0 saturated heterocycles. The Bertz CT molecular complexity index is 957. The molecule has 1 aliphatic rings. The first-order valence-corrected chi connectivity index (χ1v) is 7.39. The molecule has 24 heavy (non-hydrogen) atoms. The smallest absolute Gasteiger partial charge is 0.197 e. The maximum Gasteiger partial charge on any atom is 0.197 e. The Labute approximate surface area is 137 Å². The third-order valence-corrected chi connectivity index (χ3v) is 3.95. The highest BCUT2D eigenvalue weighted by atomic mass is 19.1. The Morgan fingerprint density at radius 3 is 2.04 bits per heavy atom. The minimum Gasteiger partial charge on any atom is -0.457 e. The lowest BCUT2D eigenvalue weighted by atomic mass is 10.1. The number of ketones is 2. The molecule has 2 aromatic carbocycles. The number of fused-ring (bicyclic) bond motifs is 1. The Kier molecular flexibility index (Phi) is 3.24. The standard InChI is InChI=1S/C20H11FO3/c21-13-7-5-12(6-8-13)18-10-9-14(24-18)11-17-19(22)15-3-1-2-4-16(15)20(17)23/h1-11H. The zero-order chi connectivity index (χ0) is 16.7. The van der Waals surface area contributed by atoms with Crippen molar-refractivity contribution in [2.24, 2.45) is 0 Å². The maximum atomic E-state index is 13.0. The molecule has 0 fully saturated rings. The monoisotopic (exact) mass is 318 g/mol. The number of Topliss-reactive ketones (excluding diaryl/α,β-unsaturated/α-hetero) is 2. The summed E-state index contributed by atoms with van der Waals surface area (Å²) in [6, 6.07) is 16.0. The largest absolute Gasteiger partial charge is 0.457 e. The number of benzene rings is 2. The summed E-state index contributed by atoms with van der Waals surface area (Å²) in [4.78, 5) is 24.7. The van der Waals surface area contributed by atoms with Crippen LogP contribution in [0.1, 0.15) is 26.5 Å². The summed E-state index contributed by atoms with van der Waals surface area (Å²) in [6.45, 7) is 0. The minimum absolute atomic E-state index is 0.0937. The van der Waals surface area contributed by atoms with E-state index in [0.717, 1.165) is 0 Å². The molecule has 1 aliphatic carbocycles. The Morgan fingerprint density at radius 1 is 0.792 bits per heavy atom. The summed E-state index contributed by atoms with van der Waals surface area (Å²) in [5, 5.41) is 0. The lowest BCUT2D eigenvalue weighted by Crippen LogP contribution is -1.99. The van der Waals surface area contributed by atoms with Crippen molar-refractivity contribution < 1.29 is 18.4 Å². The Morgan fingerprint density at radius 2 is 1.42 bits per heavy atom. The molecule has 116 valence electrons. The van der Waals surface area contributed by atoms with Crippen LogP contribution in [0.15, 0.2) is 70.7 Å². The molecule has 0 saturated carbocycles. The third-order valence-electron chi connectivity index (χ3n) is 3.95. The zero-order valence-electron chi connectivity index (χ0n) is 12.5. The van der Waals surface area contributed by atoms with Gasteiger partial charge in [-0.05, 0) is 42.5 Å². The quantitative estimate of drug-likeness (QED) is 0.514. The molecule has 1 heterocycles. The summed E-state index contributed by atoms with van der Waals surface area (Å²) in [5.74, 6) is 0.0225. The molecule has 0 unspecified atom stereocenters. The van der Waals surface area contributed by atoms with Crippen LogP contribution in [-0.2, 0) is 0 Å². The van der Waals surface area contributed by atoms with E-state index in [9.17, 15) is 14.0 Å². The number of carbonyl (C=O) groups excluding carboxylic acids is 2. The zero-order valence-corrected chi connectivity index (χ0v) is 12.5. The van der Waals surface area contributed by atoms with Crippen molar-refractivity contribution in [3.63, 3.8) is 0 Å². The van der Waals surface area contributed by atoms with Gasteiger partial charge in [-0.2, -0.15) is 0 Å². The Hall–Kier alpha value is -3.27. The number of hydrogen-bond donors (Lipinski definition) is 0. The van der Waals surface area contributed by atoms with Crippen LogP contribution in [0.2, 0.25) is 0 Å². The van der Waals surface area contributed by atoms with E-state index < -0.39 is 0 Å². The van der Waals surface area contributed by atoms with Crippen molar-refractivity contribution in [3.8, 4) is 11.3 Å². The highest BCUT2D eigenvalue weighted by molar-refractivity contribution is 6.41. The highest BCUT2D eigenvalue weighted by Gasteiger charge is 2.32. The average molecular weight is 318 g/mol. The fraction of sp³-hybridized carbons (Fsp3) is 0. The van der Waals surface area contributed by atoms with Crippen LogP contribution in [0.25, 0.3) is 17.4 Å². The van der Waals surface area contributed by atoms with Crippen molar-refractivity contribution in [2.75, 3.05) is 0 Å². The SMILES string of the molecule is O=C1C(=Cc2ccc(-c3ccc(F)cc3)o2)C(=O)c2ccccc21. The normalized spacial score (nSPS) is 13.3. The number of carbonyl (C=O) groups is 2. The molecule has 0 amide bonds. The summed E-state index contributed by atoms with van der Waals surface area (Å²) in [5.41, 5.74) is 1.64. The second-order valence-electron chi connectivity index (χ2n) is 5.47. The van der Waals surface area contributed by atoms with Gasteiger partial charge in [0.1, 0.15) is 17.3 Å². The number of rotatable bonds is 2. The predicted molar refractivity (Wildman–Crippen MR) is 87.2 cm³/mol. The van der Waals surface area contributed by atoms with Crippen molar-refractivity contribution in [1.82, 2.24) is 0 Å². The highest BCUT2D eigenvalue weighted by Crippen LogP contribution is 2.29. The fourth-order valence-corrected chi connectivity index (χ4v) is 2.75. The van der Waals surface area contributed by atoms with Crippen LogP contribution in [0.4, 0.5) is 4.39 Å². The van der Waals surface area contributed by atoms with Crippen LogP contribution in [-0.4, -0.2) is 11.6 Å². The van der Waals surface area contributed by atoms with Crippen molar-refractivity contribution in [2.45, 2.75) is 0 Å². The molecule has 3 aromatic rings. The van der Waals surface area contributed by atoms with Crippen LogP contribution >= 0.6 is 0 Å². The van der Waals surface area contributed by atoms with Gasteiger partial charge in [-0.3, -0.25) is 9.59 Å². The Balaban J connectivity index is 1.69. The van der Waals surface area contributed by atoms with Gasteiger partial charge in [0.15, 0.2) is 11.6 Å². The molecule has 4 rings (SSSR count). The summed E-state index contributed by atoms with van der Waals surface area (Å²) in [6.07, 6.45) is 1.46.